The van der Waals surface area contributed by atoms with E-state index in [0.29, 0.717) is 5.92 Å². The highest BCUT2D eigenvalue weighted by Crippen LogP contribution is 2.40. The van der Waals surface area contributed by atoms with Gasteiger partial charge in [-0.3, -0.25) is 0 Å². The van der Waals surface area contributed by atoms with E-state index >= 15 is 0 Å². The first kappa shape index (κ1) is 22.0. The Morgan fingerprint density at radius 3 is 2.58 bits per heavy atom. The number of imidazole rings is 1. The van der Waals surface area contributed by atoms with E-state index in [1.807, 2.05) is 6.07 Å². The maximum atomic E-state index is 6.67. The molecule has 1 aromatic heterocycles. The molecule has 0 radical (unpaired) electrons. The van der Waals surface area contributed by atoms with Gasteiger partial charge in [-0.15, -0.1) is 0 Å². The number of rotatable bonds is 7. The predicted molar refractivity (Wildman–Crippen MR) is 131 cm³/mol. The van der Waals surface area contributed by atoms with Crippen LogP contribution in [0.3, 0.4) is 0 Å². The first-order chi connectivity index (χ1) is 15.1. The molecule has 4 nitrogen and oxygen atoms in total. The minimum atomic E-state index is 0.540. The van der Waals surface area contributed by atoms with Gasteiger partial charge < -0.3 is 14.2 Å². The fourth-order valence-corrected chi connectivity index (χ4v) is 5.29. The molecule has 0 atom stereocenters. The quantitative estimate of drug-likeness (QED) is 0.384. The highest BCUT2D eigenvalue weighted by molar-refractivity contribution is 6.35. The van der Waals surface area contributed by atoms with E-state index in [-0.39, 0.29) is 0 Å². The minimum absolute atomic E-state index is 0.540. The molecule has 1 aliphatic heterocycles. The number of nitrogens with zero attached hydrogens (tertiary/aromatic N) is 3. The number of anilines is 2. The van der Waals surface area contributed by atoms with E-state index in [4.69, 9.17) is 21.3 Å². The van der Waals surface area contributed by atoms with Crippen molar-refractivity contribution in [2.75, 3.05) is 18.6 Å². The summed E-state index contributed by atoms with van der Waals surface area (Å²) in [5.41, 5.74) is 6.05. The number of methoxy groups -OCH3 is 1. The van der Waals surface area contributed by atoms with Crippen LogP contribution < -0.4 is 9.64 Å². The van der Waals surface area contributed by atoms with Crippen molar-refractivity contribution >= 4 is 34.3 Å². The van der Waals surface area contributed by atoms with Crippen LogP contribution in [0.5, 0.6) is 5.75 Å². The Bertz CT molecular complexity index is 1050. The van der Waals surface area contributed by atoms with Gasteiger partial charge in [0.05, 0.1) is 17.6 Å². The Kier molecular flexibility index (Phi) is 6.76. The molecule has 0 fully saturated rings. The Hall–Kier alpha value is -2.20. The van der Waals surface area contributed by atoms with Gasteiger partial charge in [0, 0.05) is 19.3 Å². The van der Waals surface area contributed by atoms with E-state index in [9.17, 15) is 0 Å². The van der Waals surface area contributed by atoms with Crippen molar-refractivity contribution in [1.29, 1.82) is 0 Å². The first-order valence-electron chi connectivity index (χ1n) is 11.7. The molecule has 31 heavy (non-hydrogen) atoms. The third kappa shape index (κ3) is 4.15. The second kappa shape index (κ2) is 9.52. The van der Waals surface area contributed by atoms with Gasteiger partial charge in [0.2, 0.25) is 5.95 Å². The summed E-state index contributed by atoms with van der Waals surface area (Å²) in [6, 6.07) is 10.7. The largest absolute Gasteiger partial charge is 0.497 e. The van der Waals surface area contributed by atoms with Crippen LogP contribution in [0.25, 0.3) is 11.0 Å². The first-order valence-corrected chi connectivity index (χ1v) is 12.1. The lowest BCUT2D eigenvalue weighted by Gasteiger charge is -2.24. The van der Waals surface area contributed by atoms with Crippen LogP contribution >= 0.6 is 11.6 Å². The zero-order valence-electron chi connectivity index (χ0n) is 19.2. The van der Waals surface area contributed by atoms with E-state index in [1.54, 1.807) is 7.11 Å². The molecule has 2 aromatic carbocycles. The van der Waals surface area contributed by atoms with E-state index in [2.05, 4.69) is 54.6 Å². The lowest BCUT2D eigenvalue weighted by atomic mass is 9.89. The van der Waals surface area contributed by atoms with Crippen molar-refractivity contribution in [3.8, 4) is 5.75 Å². The minimum Gasteiger partial charge on any atom is -0.497 e. The molecule has 0 bridgehead atoms. The summed E-state index contributed by atoms with van der Waals surface area (Å²) in [6.07, 6.45) is 8.11. The average molecular weight is 440 g/mol. The topological polar surface area (TPSA) is 30.3 Å². The van der Waals surface area contributed by atoms with E-state index in [1.165, 1.54) is 54.4 Å². The maximum absolute atomic E-state index is 6.67. The fraction of sp³-hybridized carbons (Fsp3) is 0.500. The zero-order chi connectivity index (χ0) is 22.0. The number of halogens is 1. The highest BCUT2D eigenvalue weighted by Gasteiger charge is 2.25. The predicted octanol–water partition coefficient (Wildman–Crippen LogP) is 7.39. The molecule has 1 aliphatic rings. The molecule has 0 saturated carbocycles. The molecule has 0 unspecified atom stereocenters. The van der Waals surface area contributed by atoms with Gasteiger partial charge in [0.15, 0.2) is 0 Å². The summed E-state index contributed by atoms with van der Waals surface area (Å²) < 4.78 is 7.75. The Morgan fingerprint density at radius 1 is 1.10 bits per heavy atom. The number of fused-ring (bicyclic) bond motifs is 2. The molecule has 0 spiro atoms. The standard InChI is InChI=1S/C26H34ClN3O/c1-5-9-18(10-6-2)21-13-14-22(27)24-25(21)29(3)26(28-24)30-16-8-7-11-19-17-20(31-4)12-15-23(19)30/h12-15,17-18H,5-11,16H2,1-4H3. The Balaban J connectivity index is 1.87. The molecule has 3 aromatic rings. The molecule has 0 amide bonds. The summed E-state index contributed by atoms with van der Waals surface area (Å²) in [6.45, 7) is 5.50. The van der Waals surface area contributed by atoms with Crippen molar-refractivity contribution in [1.82, 2.24) is 9.55 Å². The summed E-state index contributed by atoms with van der Waals surface area (Å²) in [7, 11) is 3.88. The molecule has 0 saturated heterocycles. The fourth-order valence-electron chi connectivity index (χ4n) is 5.09. The summed E-state index contributed by atoms with van der Waals surface area (Å²) in [5.74, 6) is 2.43. The maximum Gasteiger partial charge on any atom is 0.210 e. The smallest absolute Gasteiger partial charge is 0.210 e. The van der Waals surface area contributed by atoms with Gasteiger partial charge in [-0.1, -0.05) is 44.4 Å². The van der Waals surface area contributed by atoms with Crippen LogP contribution in [-0.4, -0.2) is 23.2 Å². The van der Waals surface area contributed by atoms with Gasteiger partial charge >= 0.3 is 0 Å². The van der Waals surface area contributed by atoms with Crippen molar-refractivity contribution in [2.45, 2.75) is 64.7 Å². The van der Waals surface area contributed by atoms with Crippen LogP contribution in [0.2, 0.25) is 5.02 Å². The zero-order valence-corrected chi connectivity index (χ0v) is 20.0. The second-order valence-corrected chi connectivity index (χ2v) is 9.09. The number of hydrogen-bond donors (Lipinski definition) is 0. The number of benzene rings is 2. The molecule has 4 rings (SSSR count). The van der Waals surface area contributed by atoms with Gasteiger partial charge in [-0.25, -0.2) is 4.98 Å². The van der Waals surface area contributed by atoms with Crippen LogP contribution in [0.4, 0.5) is 11.6 Å². The van der Waals surface area contributed by atoms with E-state index < -0.39 is 0 Å². The lowest BCUT2D eigenvalue weighted by molar-refractivity contribution is 0.414. The molecular formula is C26H34ClN3O. The van der Waals surface area contributed by atoms with Crippen LogP contribution in [-0.2, 0) is 13.5 Å². The molecule has 166 valence electrons. The SMILES string of the molecule is CCCC(CCC)c1ccc(Cl)c2nc(N3CCCCc4cc(OC)ccc43)n(C)c12. The summed E-state index contributed by atoms with van der Waals surface area (Å²) in [4.78, 5) is 7.48. The molecule has 2 heterocycles. The van der Waals surface area contributed by atoms with E-state index in [0.717, 1.165) is 41.6 Å². The average Bonchev–Trinajstić information content (AvgIpc) is 2.99. The summed E-state index contributed by atoms with van der Waals surface area (Å²) >= 11 is 6.67. The third-order valence-corrected chi connectivity index (χ3v) is 6.90. The van der Waals surface area contributed by atoms with Crippen LogP contribution in [0.1, 0.15) is 69.4 Å². The second-order valence-electron chi connectivity index (χ2n) is 8.68. The van der Waals surface area contributed by atoms with Gasteiger partial charge in [0.25, 0.3) is 0 Å². The van der Waals surface area contributed by atoms with Crippen molar-refractivity contribution < 1.29 is 4.74 Å². The van der Waals surface area contributed by atoms with Crippen molar-refractivity contribution in [3.63, 3.8) is 0 Å². The Labute approximate surface area is 191 Å². The van der Waals surface area contributed by atoms with Crippen LogP contribution in [0.15, 0.2) is 30.3 Å². The van der Waals surface area contributed by atoms with Crippen molar-refractivity contribution in [2.24, 2.45) is 7.05 Å². The molecular weight excluding hydrogens is 406 g/mol. The number of ether oxygens (including phenoxy) is 1. The Morgan fingerprint density at radius 2 is 1.87 bits per heavy atom. The van der Waals surface area contributed by atoms with Gasteiger partial charge in [-0.2, -0.15) is 0 Å². The molecule has 5 heteroatoms. The summed E-state index contributed by atoms with van der Waals surface area (Å²) in [5, 5.41) is 0.733. The normalized spacial score (nSPS) is 14.2. The monoisotopic (exact) mass is 439 g/mol. The number of aryl methyl sites for hydroxylation is 2. The number of hydrogen-bond acceptors (Lipinski definition) is 3. The molecule has 0 N–H and O–H groups in total. The molecule has 0 aliphatic carbocycles. The highest BCUT2D eigenvalue weighted by atomic mass is 35.5. The third-order valence-electron chi connectivity index (χ3n) is 6.59. The van der Waals surface area contributed by atoms with Crippen molar-refractivity contribution in [3.05, 3.63) is 46.5 Å². The van der Waals surface area contributed by atoms with Gasteiger partial charge in [-0.05, 0) is 73.4 Å². The lowest BCUT2D eigenvalue weighted by Crippen LogP contribution is -2.21. The van der Waals surface area contributed by atoms with Crippen LogP contribution in [0, 0.1) is 0 Å². The van der Waals surface area contributed by atoms with Gasteiger partial charge in [0.1, 0.15) is 11.3 Å². The number of aromatic nitrogens is 2.